The van der Waals surface area contributed by atoms with Crippen molar-refractivity contribution in [2.75, 3.05) is 25.1 Å². The van der Waals surface area contributed by atoms with E-state index in [0.29, 0.717) is 41.7 Å². The highest BCUT2D eigenvalue weighted by atomic mass is 16.5. The van der Waals surface area contributed by atoms with Crippen molar-refractivity contribution in [3.63, 3.8) is 0 Å². The van der Waals surface area contributed by atoms with Crippen molar-refractivity contribution in [2.45, 2.75) is 26.3 Å². The van der Waals surface area contributed by atoms with Gasteiger partial charge in [-0.05, 0) is 47.9 Å². The Kier molecular flexibility index (Phi) is 7.88. The van der Waals surface area contributed by atoms with Gasteiger partial charge < -0.3 is 24.8 Å². The molecule has 0 aromatic heterocycles. The number of nitrogens with one attached hydrogen (secondary N) is 2. The Morgan fingerprint density at radius 3 is 2.40 bits per heavy atom. The van der Waals surface area contributed by atoms with Gasteiger partial charge in [0.25, 0.3) is 11.8 Å². The largest absolute Gasteiger partial charge is 0.490 e. The second-order valence-electron chi connectivity index (χ2n) is 8.65. The predicted octanol–water partition coefficient (Wildman–Crippen LogP) is 4.99. The van der Waals surface area contributed by atoms with Crippen LogP contribution in [0.3, 0.4) is 0 Å². The first kappa shape index (κ1) is 24.1. The number of ether oxygens (including phenoxy) is 3. The van der Waals surface area contributed by atoms with Crippen LogP contribution in [0, 0.1) is 5.92 Å². The van der Waals surface area contributed by atoms with Gasteiger partial charge in [-0.3, -0.25) is 9.59 Å². The normalized spacial score (nSPS) is 13.5. The van der Waals surface area contributed by atoms with Crippen LogP contribution in [-0.4, -0.2) is 31.6 Å². The average molecular weight is 475 g/mol. The van der Waals surface area contributed by atoms with Gasteiger partial charge >= 0.3 is 0 Å². The summed E-state index contributed by atoms with van der Waals surface area (Å²) in [6.07, 6.45) is 0.830. The van der Waals surface area contributed by atoms with Gasteiger partial charge in [0.15, 0.2) is 18.1 Å². The third-order valence-corrected chi connectivity index (χ3v) is 5.64. The van der Waals surface area contributed by atoms with Crippen molar-refractivity contribution >= 4 is 17.5 Å². The van der Waals surface area contributed by atoms with Crippen molar-refractivity contribution in [3.05, 3.63) is 83.9 Å². The van der Waals surface area contributed by atoms with E-state index in [9.17, 15) is 9.59 Å². The minimum atomic E-state index is -0.306. The van der Waals surface area contributed by atoms with Crippen LogP contribution >= 0.6 is 0 Å². The molecule has 2 amide bonds. The van der Waals surface area contributed by atoms with E-state index in [-0.39, 0.29) is 30.4 Å². The van der Waals surface area contributed by atoms with Gasteiger partial charge in [0.1, 0.15) is 5.75 Å². The first-order valence-corrected chi connectivity index (χ1v) is 11.8. The summed E-state index contributed by atoms with van der Waals surface area (Å²) in [5.41, 5.74) is 1.97. The van der Waals surface area contributed by atoms with Crippen molar-refractivity contribution < 1.29 is 23.8 Å². The maximum atomic E-state index is 12.8. The molecule has 7 heteroatoms. The summed E-state index contributed by atoms with van der Waals surface area (Å²) in [7, 11) is 0. The first-order valence-electron chi connectivity index (χ1n) is 11.8. The number of carbonyl (C=O) groups excluding carboxylic acids is 2. The lowest BCUT2D eigenvalue weighted by Gasteiger charge is -2.24. The quantitative estimate of drug-likeness (QED) is 0.480. The predicted molar refractivity (Wildman–Crippen MR) is 134 cm³/mol. The molecule has 0 bridgehead atoms. The Bertz CT molecular complexity index is 1160. The number of para-hydroxylation sites is 2. The summed E-state index contributed by atoms with van der Waals surface area (Å²) < 4.78 is 17.3. The molecule has 1 aliphatic heterocycles. The second kappa shape index (κ2) is 11.4. The minimum Gasteiger partial charge on any atom is -0.490 e. The van der Waals surface area contributed by atoms with Crippen LogP contribution in [0.25, 0.3) is 0 Å². The molecule has 182 valence electrons. The van der Waals surface area contributed by atoms with Crippen LogP contribution in [0.1, 0.15) is 42.2 Å². The lowest BCUT2D eigenvalue weighted by molar-refractivity contribution is -0.124. The number of benzene rings is 3. The number of hydrogen-bond donors (Lipinski definition) is 2. The molecule has 7 nitrogen and oxygen atoms in total. The number of hydrogen-bond acceptors (Lipinski definition) is 5. The van der Waals surface area contributed by atoms with Crippen LogP contribution in [-0.2, 0) is 4.79 Å². The second-order valence-corrected chi connectivity index (χ2v) is 8.65. The highest BCUT2D eigenvalue weighted by Crippen LogP contribution is 2.34. The molecular weight excluding hydrogens is 444 g/mol. The van der Waals surface area contributed by atoms with Crippen LogP contribution in [0.5, 0.6) is 17.2 Å². The lowest BCUT2D eigenvalue weighted by Crippen LogP contribution is -2.35. The smallest absolute Gasteiger partial charge is 0.259 e. The maximum Gasteiger partial charge on any atom is 0.259 e. The Balaban J connectivity index is 1.41. The minimum absolute atomic E-state index is 0.132. The number of carbonyl (C=O) groups is 2. The Morgan fingerprint density at radius 2 is 1.63 bits per heavy atom. The zero-order valence-corrected chi connectivity index (χ0v) is 20.0. The Morgan fingerprint density at radius 1 is 0.914 bits per heavy atom. The Hall–Kier alpha value is -4.00. The molecule has 0 fully saturated rings. The molecule has 0 spiro atoms. The molecule has 4 rings (SSSR count). The van der Waals surface area contributed by atoms with Crippen LogP contribution in [0.15, 0.2) is 72.8 Å². The van der Waals surface area contributed by atoms with Gasteiger partial charge in [-0.2, -0.15) is 0 Å². The van der Waals surface area contributed by atoms with E-state index < -0.39 is 0 Å². The molecule has 0 saturated carbocycles. The van der Waals surface area contributed by atoms with Gasteiger partial charge in [-0.25, -0.2) is 0 Å². The van der Waals surface area contributed by atoms with E-state index in [1.54, 1.807) is 36.4 Å². The van der Waals surface area contributed by atoms with Crippen molar-refractivity contribution in [1.29, 1.82) is 0 Å². The van der Waals surface area contributed by atoms with E-state index in [1.807, 2.05) is 50.2 Å². The standard InChI is InChI=1S/C28H30N2O5/c1-19(2)27(20-13-14-24-25(17-20)34-16-8-15-33-24)30-26(31)18-35-23-12-7-6-11-22(23)28(32)29-21-9-4-3-5-10-21/h3-7,9-14,17,19,27H,8,15-16,18H2,1-2H3,(H,29,32)(H,30,31). The van der Waals surface area contributed by atoms with E-state index in [2.05, 4.69) is 10.6 Å². The van der Waals surface area contributed by atoms with E-state index in [1.165, 1.54) is 0 Å². The van der Waals surface area contributed by atoms with Crippen LogP contribution < -0.4 is 24.8 Å². The Labute approximate surface area is 205 Å². The monoisotopic (exact) mass is 474 g/mol. The number of amides is 2. The van der Waals surface area contributed by atoms with Gasteiger partial charge in [-0.1, -0.05) is 50.2 Å². The molecule has 1 atom stereocenters. The summed E-state index contributed by atoms with van der Waals surface area (Å²) in [6.45, 7) is 5.08. The van der Waals surface area contributed by atoms with Crippen molar-refractivity contribution in [2.24, 2.45) is 5.92 Å². The van der Waals surface area contributed by atoms with Crippen molar-refractivity contribution in [3.8, 4) is 17.2 Å². The molecule has 0 saturated heterocycles. The van der Waals surface area contributed by atoms with E-state index >= 15 is 0 Å². The fraction of sp³-hybridized carbons (Fsp3) is 0.286. The van der Waals surface area contributed by atoms with Crippen LogP contribution in [0.2, 0.25) is 0 Å². The molecular formula is C28H30N2O5. The van der Waals surface area contributed by atoms with Gasteiger partial charge in [-0.15, -0.1) is 0 Å². The van der Waals surface area contributed by atoms with Gasteiger partial charge in [0.05, 0.1) is 24.8 Å². The molecule has 2 N–H and O–H groups in total. The molecule has 35 heavy (non-hydrogen) atoms. The molecule has 0 radical (unpaired) electrons. The summed E-state index contributed by atoms with van der Waals surface area (Å²) in [5, 5.41) is 5.90. The summed E-state index contributed by atoms with van der Waals surface area (Å²) >= 11 is 0. The third kappa shape index (κ3) is 6.32. The highest BCUT2D eigenvalue weighted by Gasteiger charge is 2.22. The first-order chi connectivity index (χ1) is 17.0. The van der Waals surface area contributed by atoms with E-state index in [4.69, 9.17) is 14.2 Å². The molecule has 0 aliphatic carbocycles. The third-order valence-electron chi connectivity index (χ3n) is 5.64. The number of rotatable bonds is 8. The lowest BCUT2D eigenvalue weighted by atomic mass is 9.95. The highest BCUT2D eigenvalue weighted by molar-refractivity contribution is 6.06. The zero-order valence-electron chi connectivity index (χ0n) is 20.0. The summed E-state index contributed by atoms with van der Waals surface area (Å²) in [6, 6.07) is 21.6. The average Bonchev–Trinajstić information content (AvgIpc) is 3.11. The molecule has 1 heterocycles. The number of anilines is 1. The molecule has 1 unspecified atom stereocenters. The number of fused-ring (bicyclic) bond motifs is 1. The fourth-order valence-corrected chi connectivity index (χ4v) is 3.87. The molecule has 3 aromatic rings. The molecule has 1 aliphatic rings. The van der Waals surface area contributed by atoms with Crippen molar-refractivity contribution in [1.82, 2.24) is 5.32 Å². The maximum absolute atomic E-state index is 12.8. The topological polar surface area (TPSA) is 85.9 Å². The fourth-order valence-electron chi connectivity index (χ4n) is 3.87. The van der Waals surface area contributed by atoms with Gasteiger partial charge in [0, 0.05) is 12.1 Å². The zero-order chi connectivity index (χ0) is 24.6. The summed E-state index contributed by atoms with van der Waals surface area (Å²) in [5.74, 6) is 1.29. The van der Waals surface area contributed by atoms with Crippen LogP contribution in [0.4, 0.5) is 5.69 Å². The van der Waals surface area contributed by atoms with Gasteiger partial charge in [0.2, 0.25) is 0 Å². The molecule has 3 aromatic carbocycles. The SMILES string of the molecule is CC(C)C(NC(=O)COc1ccccc1C(=O)Nc1ccccc1)c1ccc2c(c1)OCCCO2. The van der Waals surface area contributed by atoms with E-state index in [0.717, 1.165) is 12.0 Å². The summed E-state index contributed by atoms with van der Waals surface area (Å²) in [4.78, 5) is 25.6.